The Kier molecular flexibility index (Phi) is 6.42. The number of benzene rings is 2. The lowest BCUT2D eigenvalue weighted by Crippen LogP contribution is -2.22. The zero-order valence-electron chi connectivity index (χ0n) is 16.0. The molecule has 0 aliphatic carbocycles. The first-order chi connectivity index (χ1) is 14.7. The highest BCUT2D eigenvalue weighted by atomic mass is 19.4. The minimum Gasteiger partial charge on any atom is -0.493 e. The van der Waals surface area contributed by atoms with Crippen molar-refractivity contribution in [2.24, 2.45) is 0 Å². The molecule has 164 valence electrons. The number of carbonyl (C=O) groups excluding carboxylic acids is 1. The average Bonchev–Trinajstić information content (AvgIpc) is 3.23. The molecule has 0 bridgehead atoms. The molecule has 1 heterocycles. The Morgan fingerprint density at radius 1 is 1.10 bits per heavy atom. The van der Waals surface area contributed by atoms with E-state index in [9.17, 15) is 26.7 Å². The molecule has 11 heteroatoms. The van der Waals surface area contributed by atoms with Crippen LogP contribution in [-0.4, -0.2) is 29.4 Å². The Labute approximate surface area is 173 Å². The van der Waals surface area contributed by atoms with E-state index in [1.807, 2.05) is 0 Å². The smallest absolute Gasteiger partial charge is 0.435 e. The van der Waals surface area contributed by atoms with Crippen LogP contribution in [0.1, 0.15) is 21.6 Å². The van der Waals surface area contributed by atoms with Crippen molar-refractivity contribution in [2.45, 2.75) is 19.3 Å². The second-order valence-electron chi connectivity index (χ2n) is 6.24. The molecule has 0 radical (unpaired) electrons. The summed E-state index contributed by atoms with van der Waals surface area (Å²) in [7, 11) is 1.30. The maximum atomic E-state index is 12.7. The van der Waals surface area contributed by atoms with E-state index in [0.717, 1.165) is 10.7 Å². The SMILES string of the molecule is COc1cc(CNC(=O)c2ccc(-n3ccc(C(F)(F)F)n3)cc2)ccc1OC(F)F. The topological polar surface area (TPSA) is 65.4 Å². The van der Waals surface area contributed by atoms with Crippen molar-refractivity contribution in [3.8, 4) is 17.2 Å². The minimum absolute atomic E-state index is 0.0833. The number of alkyl halides is 5. The number of halogens is 5. The van der Waals surface area contributed by atoms with Gasteiger partial charge in [0.05, 0.1) is 12.8 Å². The van der Waals surface area contributed by atoms with E-state index in [2.05, 4.69) is 15.2 Å². The number of hydrogen-bond acceptors (Lipinski definition) is 4. The number of methoxy groups -OCH3 is 1. The molecule has 0 saturated carbocycles. The number of ether oxygens (including phenoxy) is 2. The summed E-state index contributed by atoms with van der Waals surface area (Å²) in [6.45, 7) is -2.91. The van der Waals surface area contributed by atoms with Crippen molar-refractivity contribution in [1.82, 2.24) is 15.1 Å². The van der Waals surface area contributed by atoms with Gasteiger partial charge in [0.2, 0.25) is 0 Å². The summed E-state index contributed by atoms with van der Waals surface area (Å²) >= 11 is 0. The lowest BCUT2D eigenvalue weighted by Gasteiger charge is -2.12. The molecule has 6 nitrogen and oxygen atoms in total. The van der Waals surface area contributed by atoms with Gasteiger partial charge in [0.25, 0.3) is 5.91 Å². The van der Waals surface area contributed by atoms with Gasteiger partial charge in [-0.15, -0.1) is 0 Å². The quantitative estimate of drug-likeness (QED) is 0.551. The van der Waals surface area contributed by atoms with Crippen molar-refractivity contribution in [3.05, 3.63) is 71.5 Å². The predicted octanol–water partition coefficient (Wildman–Crippen LogP) is 4.43. The van der Waals surface area contributed by atoms with Crippen molar-refractivity contribution in [3.63, 3.8) is 0 Å². The Bertz CT molecular complexity index is 1050. The van der Waals surface area contributed by atoms with E-state index in [-0.39, 0.29) is 23.6 Å². The molecule has 3 aromatic rings. The Morgan fingerprint density at radius 2 is 1.81 bits per heavy atom. The third-order valence-electron chi connectivity index (χ3n) is 4.17. The summed E-state index contributed by atoms with van der Waals surface area (Å²) in [5.41, 5.74) is 0.192. The van der Waals surface area contributed by atoms with Crippen molar-refractivity contribution in [2.75, 3.05) is 7.11 Å². The molecule has 3 rings (SSSR count). The van der Waals surface area contributed by atoms with Gasteiger partial charge in [0.1, 0.15) is 0 Å². The normalized spacial score (nSPS) is 11.5. The van der Waals surface area contributed by atoms with Crippen LogP contribution in [0.15, 0.2) is 54.7 Å². The highest BCUT2D eigenvalue weighted by molar-refractivity contribution is 5.94. The van der Waals surface area contributed by atoms with Gasteiger partial charge in [-0.25, -0.2) is 4.68 Å². The summed E-state index contributed by atoms with van der Waals surface area (Å²) in [5, 5.41) is 6.12. The maximum Gasteiger partial charge on any atom is 0.435 e. The summed E-state index contributed by atoms with van der Waals surface area (Å²) < 4.78 is 73.1. The van der Waals surface area contributed by atoms with Crippen LogP contribution >= 0.6 is 0 Å². The van der Waals surface area contributed by atoms with Crippen LogP contribution in [0.5, 0.6) is 11.5 Å². The lowest BCUT2D eigenvalue weighted by molar-refractivity contribution is -0.141. The Morgan fingerprint density at radius 3 is 2.39 bits per heavy atom. The highest BCUT2D eigenvalue weighted by Crippen LogP contribution is 2.30. The minimum atomic E-state index is -4.54. The first-order valence-corrected chi connectivity index (χ1v) is 8.80. The molecule has 1 aromatic heterocycles. The molecule has 0 saturated heterocycles. The fourth-order valence-electron chi connectivity index (χ4n) is 2.68. The highest BCUT2D eigenvalue weighted by Gasteiger charge is 2.33. The number of aromatic nitrogens is 2. The molecule has 0 atom stereocenters. The van der Waals surface area contributed by atoms with Gasteiger partial charge in [-0.3, -0.25) is 4.79 Å². The third-order valence-corrected chi connectivity index (χ3v) is 4.17. The lowest BCUT2D eigenvalue weighted by atomic mass is 10.1. The molecule has 31 heavy (non-hydrogen) atoms. The van der Waals surface area contributed by atoms with Gasteiger partial charge in [-0.1, -0.05) is 6.07 Å². The van der Waals surface area contributed by atoms with Crippen LogP contribution in [-0.2, 0) is 12.7 Å². The van der Waals surface area contributed by atoms with E-state index in [1.54, 1.807) is 0 Å². The molecule has 1 N–H and O–H groups in total. The number of amides is 1. The van der Waals surface area contributed by atoms with Crippen LogP contribution in [0.2, 0.25) is 0 Å². The average molecular weight is 441 g/mol. The number of nitrogens with zero attached hydrogens (tertiary/aromatic N) is 2. The summed E-state index contributed by atoms with van der Waals surface area (Å²) in [6.07, 6.45) is -3.37. The summed E-state index contributed by atoms with van der Waals surface area (Å²) in [4.78, 5) is 12.3. The first kappa shape index (κ1) is 22.1. The van der Waals surface area contributed by atoms with Gasteiger partial charge in [0.15, 0.2) is 17.2 Å². The number of carbonyl (C=O) groups is 1. The maximum absolute atomic E-state index is 12.7. The third kappa shape index (κ3) is 5.50. The van der Waals surface area contributed by atoms with E-state index >= 15 is 0 Å². The van der Waals surface area contributed by atoms with Crippen LogP contribution < -0.4 is 14.8 Å². The van der Waals surface area contributed by atoms with Crippen molar-refractivity contribution < 1.29 is 36.2 Å². The Balaban J connectivity index is 1.64. The van der Waals surface area contributed by atoms with Crippen LogP contribution in [0, 0.1) is 0 Å². The number of hydrogen-bond donors (Lipinski definition) is 1. The van der Waals surface area contributed by atoms with E-state index in [4.69, 9.17) is 4.74 Å². The van der Waals surface area contributed by atoms with E-state index < -0.39 is 24.4 Å². The van der Waals surface area contributed by atoms with Gasteiger partial charge in [0, 0.05) is 18.3 Å². The zero-order chi connectivity index (χ0) is 22.6. The van der Waals surface area contributed by atoms with Gasteiger partial charge in [-0.05, 0) is 48.0 Å². The van der Waals surface area contributed by atoms with Crippen molar-refractivity contribution >= 4 is 5.91 Å². The van der Waals surface area contributed by atoms with Gasteiger partial charge in [-0.2, -0.15) is 27.1 Å². The number of nitrogens with one attached hydrogen (secondary N) is 1. The van der Waals surface area contributed by atoms with E-state index in [1.165, 1.54) is 55.8 Å². The van der Waals surface area contributed by atoms with E-state index in [0.29, 0.717) is 11.3 Å². The number of rotatable bonds is 7. The summed E-state index contributed by atoms with van der Waals surface area (Å²) in [5.74, 6) is -0.473. The fourth-order valence-corrected chi connectivity index (χ4v) is 2.68. The molecule has 0 aliphatic heterocycles. The molecule has 0 unspecified atom stereocenters. The standard InChI is InChI=1S/C20H16F5N3O3/c1-30-16-10-12(2-7-15(16)31-19(21)22)11-26-18(29)13-3-5-14(6-4-13)28-9-8-17(27-28)20(23,24)25/h2-10,19H,11H2,1H3,(H,26,29). The second kappa shape index (κ2) is 9.02. The van der Waals surface area contributed by atoms with Crippen molar-refractivity contribution in [1.29, 1.82) is 0 Å². The molecular weight excluding hydrogens is 425 g/mol. The molecule has 2 aromatic carbocycles. The van der Waals surface area contributed by atoms with Gasteiger partial charge < -0.3 is 14.8 Å². The zero-order valence-corrected chi connectivity index (χ0v) is 16.0. The van der Waals surface area contributed by atoms with Gasteiger partial charge >= 0.3 is 12.8 Å². The largest absolute Gasteiger partial charge is 0.493 e. The summed E-state index contributed by atoms with van der Waals surface area (Å²) in [6, 6.07) is 10.9. The van der Waals surface area contributed by atoms with Crippen LogP contribution in [0.3, 0.4) is 0 Å². The first-order valence-electron chi connectivity index (χ1n) is 8.80. The molecule has 0 aliphatic rings. The fraction of sp³-hybridized carbons (Fsp3) is 0.200. The predicted molar refractivity (Wildman–Crippen MR) is 99.4 cm³/mol. The molecule has 0 spiro atoms. The van der Waals surface area contributed by atoms with Crippen LogP contribution in [0.4, 0.5) is 22.0 Å². The second-order valence-corrected chi connectivity index (χ2v) is 6.24. The van der Waals surface area contributed by atoms with Crippen LogP contribution in [0.25, 0.3) is 5.69 Å². The monoisotopic (exact) mass is 441 g/mol. The molecule has 1 amide bonds. The molecule has 0 fully saturated rings. The molecular formula is C20H16F5N3O3. The Hall–Kier alpha value is -3.63.